The Hall–Kier alpha value is -1.07. The lowest BCUT2D eigenvalue weighted by molar-refractivity contribution is 0.0618. The third kappa shape index (κ3) is 3.52. The molecule has 1 rings (SSSR count). The number of halogens is 3. The summed E-state index contributed by atoms with van der Waals surface area (Å²) >= 11 is 0. The van der Waals surface area contributed by atoms with E-state index in [1.54, 1.807) is 7.11 Å². The third-order valence-electron chi connectivity index (χ3n) is 3.98. The molecule has 1 unspecified atom stereocenters. The minimum absolute atomic E-state index is 0.000730. The van der Waals surface area contributed by atoms with Gasteiger partial charge in [0.2, 0.25) is 0 Å². The summed E-state index contributed by atoms with van der Waals surface area (Å²) in [6.07, 6.45) is -0.247. The summed E-state index contributed by atoms with van der Waals surface area (Å²) in [6.45, 7) is 6.59. The van der Waals surface area contributed by atoms with Crippen LogP contribution in [0.4, 0.5) is 13.2 Å². The van der Waals surface area contributed by atoms with Crippen molar-refractivity contribution in [1.29, 1.82) is 0 Å². The molecule has 3 atom stereocenters. The quantitative estimate of drug-likeness (QED) is 0.742. The number of rotatable bonds is 6. The van der Waals surface area contributed by atoms with Crippen LogP contribution in [0.25, 0.3) is 0 Å². The number of methoxy groups -OCH3 is 1. The average Bonchev–Trinajstić information content (AvgIpc) is 2.43. The molecule has 0 aliphatic heterocycles. The van der Waals surface area contributed by atoms with E-state index in [9.17, 15) is 13.2 Å². The third-order valence-corrected chi connectivity index (χ3v) is 3.98. The highest BCUT2D eigenvalue weighted by atomic mass is 19.2. The van der Waals surface area contributed by atoms with Gasteiger partial charge in [-0.1, -0.05) is 6.92 Å². The van der Waals surface area contributed by atoms with Crippen LogP contribution in [0.5, 0.6) is 0 Å². The summed E-state index contributed by atoms with van der Waals surface area (Å²) in [5, 5.41) is 0. The highest BCUT2D eigenvalue weighted by molar-refractivity contribution is 5.25. The minimum Gasteiger partial charge on any atom is -0.381 e. The Bertz CT molecular complexity index is 430. The van der Waals surface area contributed by atoms with Crippen LogP contribution in [-0.2, 0) is 4.74 Å². The van der Waals surface area contributed by atoms with Gasteiger partial charge in [-0.15, -0.1) is 0 Å². The van der Waals surface area contributed by atoms with Crippen molar-refractivity contribution < 1.29 is 17.9 Å². The van der Waals surface area contributed by atoms with Gasteiger partial charge in [-0.3, -0.25) is 0 Å². The van der Waals surface area contributed by atoms with Crippen molar-refractivity contribution in [1.82, 2.24) is 4.90 Å². The van der Waals surface area contributed by atoms with Gasteiger partial charge in [-0.25, -0.2) is 13.2 Å². The smallest absolute Gasteiger partial charge is 0.194 e. The van der Waals surface area contributed by atoms with Gasteiger partial charge in [-0.2, -0.15) is 0 Å². The highest BCUT2D eigenvalue weighted by Crippen LogP contribution is 2.30. The summed E-state index contributed by atoms with van der Waals surface area (Å²) < 4.78 is 45.3. The molecule has 0 heterocycles. The molecule has 0 saturated heterocycles. The zero-order valence-electron chi connectivity index (χ0n) is 12.6. The number of hydrogen-bond donors (Lipinski definition) is 0. The van der Waals surface area contributed by atoms with E-state index in [4.69, 9.17) is 4.74 Å². The second-order valence-electron chi connectivity index (χ2n) is 5.08. The van der Waals surface area contributed by atoms with Gasteiger partial charge in [0, 0.05) is 19.1 Å². The number of benzene rings is 1. The molecule has 0 bridgehead atoms. The van der Waals surface area contributed by atoms with Crippen LogP contribution >= 0.6 is 0 Å². The van der Waals surface area contributed by atoms with Crippen LogP contribution in [0.15, 0.2) is 12.1 Å². The summed E-state index contributed by atoms with van der Waals surface area (Å²) in [4.78, 5) is 2.05. The summed E-state index contributed by atoms with van der Waals surface area (Å²) in [6, 6.07) is 2.11. The maximum absolute atomic E-state index is 13.4. The first-order valence-electron chi connectivity index (χ1n) is 6.70. The molecule has 0 N–H and O–H groups in total. The van der Waals surface area contributed by atoms with Crippen LogP contribution in [-0.4, -0.2) is 37.7 Å². The van der Waals surface area contributed by atoms with Gasteiger partial charge < -0.3 is 9.64 Å². The summed E-state index contributed by atoms with van der Waals surface area (Å²) in [5.74, 6) is -4.03. The second-order valence-corrected chi connectivity index (χ2v) is 5.08. The average molecular weight is 289 g/mol. The lowest BCUT2D eigenvalue weighted by Gasteiger charge is -2.35. The topological polar surface area (TPSA) is 12.5 Å². The molecule has 0 aliphatic carbocycles. The molecular weight excluding hydrogens is 267 g/mol. The van der Waals surface area contributed by atoms with Gasteiger partial charge >= 0.3 is 0 Å². The fourth-order valence-electron chi connectivity index (χ4n) is 2.42. The predicted molar refractivity (Wildman–Crippen MR) is 73.3 cm³/mol. The number of nitrogens with zero attached hydrogens (tertiary/aromatic N) is 1. The normalized spacial score (nSPS) is 16.2. The molecule has 0 spiro atoms. The number of hydrogen-bond acceptors (Lipinski definition) is 2. The minimum atomic E-state index is -1.44. The maximum atomic E-state index is 13.4. The van der Waals surface area contributed by atoms with E-state index in [2.05, 4.69) is 4.90 Å². The lowest BCUT2D eigenvalue weighted by atomic mass is 9.87. The van der Waals surface area contributed by atoms with Crippen molar-refractivity contribution >= 4 is 0 Å². The van der Waals surface area contributed by atoms with E-state index in [0.29, 0.717) is 5.56 Å². The van der Waals surface area contributed by atoms with Crippen molar-refractivity contribution in [3.63, 3.8) is 0 Å². The van der Waals surface area contributed by atoms with Crippen molar-refractivity contribution in [3.05, 3.63) is 35.1 Å². The van der Waals surface area contributed by atoms with Crippen molar-refractivity contribution in [2.75, 3.05) is 20.7 Å². The number of ether oxygens (including phenoxy) is 1. The first-order valence-corrected chi connectivity index (χ1v) is 6.70. The molecule has 0 fully saturated rings. The van der Waals surface area contributed by atoms with Crippen LogP contribution < -0.4 is 0 Å². The van der Waals surface area contributed by atoms with E-state index in [0.717, 1.165) is 18.7 Å². The maximum Gasteiger partial charge on any atom is 0.194 e. The molecule has 2 nitrogen and oxygen atoms in total. The van der Waals surface area contributed by atoms with Crippen LogP contribution in [0.2, 0.25) is 0 Å². The fourth-order valence-corrected chi connectivity index (χ4v) is 2.42. The summed E-state index contributed by atoms with van der Waals surface area (Å²) in [7, 11) is 3.48. The Morgan fingerprint density at radius 1 is 1.15 bits per heavy atom. The Balaban J connectivity index is 3.24. The van der Waals surface area contributed by atoms with Gasteiger partial charge in [0.15, 0.2) is 17.5 Å². The van der Waals surface area contributed by atoms with Gasteiger partial charge in [0.25, 0.3) is 0 Å². The Kier molecular flexibility index (Phi) is 6.02. The Morgan fingerprint density at radius 3 is 2.05 bits per heavy atom. The second kappa shape index (κ2) is 7.09. The van der Waals surface area contributed by atoms with Crippen molar-refractivity contribution in [2.24, 2.45) is 0 Å². The molecule has 0 aromatic heterocycles. The molecule has 0 radical (unpaired) electrons. The number of likely N-dealkylation sites (N-methyl/N-ethyl adjacent to an activating group) is 1. The van der Waals surface area contributed by atoms with Gasteiger partial charge in [0.1, 0.15) is 0 Å². The van der Waals surface area contributed by atoms with Crippen LogP contribution in [0, 0.1) is 17.5 Å². The fraction of sp³-hybridized carbons (Fsp3) is 0.600. The first kappa shape index (κ1) is 17.0. The molecule has 1 aromatic rings. The molecular formula is C15H22F3NO. The molecule has 114 valence electrons. The van der Waals surface area contributed by atoms with E-state index in [1.807, 2.05) is 27.8 Å². The molecule has 5 heteroatoms. The van der Waals surface area contributed by atoms with E-state index in [1.165, 1.54) is 0 Å². The highest BCUT2D eigenvalue weighted by Gasteiger charge is 2.29. The molecule has 20 heavy (non-hydrogen) atoms. The lowest BCUT2D eigenvalue weighted by Crippen LogP contribution is -2.39. The van der Waals surface area contributed by atoms with E-state index < -0.39 is 17.5 Å². The van der Waals surface area contributed by atoms with E-state index >= 15 is 0 Å². The SMILES string of the molecule is CCN(C)[C@H](C)C(c1cc(F)c(F)c(F)c1)[C@@H](C)OC. The van der Waals surface area contributed by atoms with Crippen molar-refractivity contribution in [3.8, 4) is 0 Å². The molecule has 0 saturated carbocycles. The monoisotopic (exact) mass is 289 g/mol. The molecule has 0 amide bonds. The molecule has 1 aromatic carbocycles. The summed E-state index contributed by atoms with van der Waals surface area (Å²) in [5.41, 5.74) is 0.406. The standard InChI is InChI=1S/C15H22F3NO/c1-6-19(4)9(2)14(10(3)20-5)11-7-12(16)15(18)13(17)8-11/h7-10,14H,6H2,1-5H3/t9-,10-,14?/m1/s1. The molecule has 0 aliphatic rings. The zero-order valence-corrected chi connectivity index (χ0v) is 12.6. The van der Waals surface area contributed by atoms with Gasteiger partial charge in [0.05, 0.1) is 6.10 Å². The predicted octanol–water partition coefficient (Wildman–Crippen LogP) is 3.56. The first-order chi connectivity index (χ1) is 9.33. The van der Waals surface area contributed by atoms with Crippen LogP contribution in [0.3, 0.4) is 0 Å². The Labute approximate surface area is 118 Å². The van der Waals surface area contributed by atoms with Crippen molar-refractivity contribution in [2.45, 2.75) is 38.8 Å². The van der Waals surface area contributed by atoms with E-state index in [-0.39, 0.29) is 18.1 Å². The van der Waals surface area contributed by atoms with Crippen LogP contribution in [0.1, 0.15) is 32.3 Å². The largest absolute Gasteiger partial charge is 0.381 e. The van der Waals surface area contributed by atoms with Gasteiger partial charge in [-0.05, 0) is 45.1 Å². The zero-order chi connectivity index (χ0) is 15.4. The Morgan fingerprint density at radius 2 is 1.65 bits per heavy atom.